The van der Waals surface area contributed by atoms with Crippen molar-refractivity contribution in [3.05, 3.63) is 5.89 Å². The smallest absolute Gasteiger partial charge is 0.266 e. The number of hydrogen-bond acceptors (Lipinski definition) is 5. The SMILES string of the molecule is CCN(CC)c1noc(C(CN)CC(C)C)n1. The van der Waals surface area contributed by atoms with Gasteiger partial charge < -0.3 is 15.2 Å². The maximum absolute atomic E-state index is 5.76. The van der Waals surface area contributed by atoms with E-state index in [4.69, 9.17) is 10.3 Å². The van der Waals surface area contributed by atoms with Gasteiger partial charge in [-0.1, -0.05) is 13.8 Å². The molecular formula is C12H24N4O. The maximum atomic E-state index is 5.76. The van der Waals surface area contributed by atoms with Crippen LogP contribution < -0.4 is 10.6 Å². The standard InChI is InChI=1S/C12H24N4O/c1-5-16(6-2)12-14-11(17-15-12)10(8-13)7-9(3)4/h9-10H,5-8,13H2,1-4H3. The summed E-state index contributed by atoms with van der Waals surface area (Å²) in [5.41, 5.74) is 5.76. The molecule has 0 spiro atoms. The van der Waals surface area contributed by atoms with E-state index in [1.807, 2.05) is 0 Å². The van der Waals surface area contributed by atoms with Crippen molar-refractivity contribution in [1.29, 1.82) is 0 Å². The van der Waals surface area contributed by atoms with Gasteiger partial charge in [-0.15, -0.1) is 0 Å². The molecule has 1 aromatic heterocycles. The quantitative estimate of drug-likeness (QED) is 0.789. The molecule has 5 nitrogen and oxygen atoms in total. The maximum Gasteiger partial charge on any atom is 0.266 e. The van der Waals surface area contributed by atoms with E-state index in [0.29, 0.717) is 24.3 Å². The Bertz CT molecular complexity index is 320. The van der Waals surface area contributed by atoms with Crippen LogP contribution in [0.3, 0.4) is 0 Å². The summed E-state index contributed by atoms with van der Waals surface area (Å²) in [5.74, 6) is 2.09. The summed E-state index contributed by atoms with van der Waals surface area (Å²) in [7, 11) is 0. The van der Waals surface area contributed by atoms with Crippen LogP contribution in [0.25, 0.3) is 0 Å². The first kappa shape index (κ1) is 14.0. The number of nitrogens with zero attached hydrogens (tertiary/aromatic N) is 3. The molecule has 0 aliphatic carbocycles. The van der Waals surface area contributed by atoms with Crippen LogP contribution in [0.2, 0.25) is 0 Å². The second kappa shape index (κ2) is 6.59. The zero-order chi connectivity index (χ0) is 12.8. The molecule has 0 aliphatic heterocycles. The van der Waals surface area contributed by atoms with Crippen LogP contribution in [-0.4, -0.2) is 29.8 Å². The summed E-state index contributed by atoms with van der Waals surface area (Å²) in [6.07, 6.45) is 0.983. The molecule has 1 unspecified atom stereocenters. The van der Waals surface area contributed by atoms with Gasteiger partial charge in [-0.3, -0.25) is 0 Å². The van der Waals surface area contributed by atoms with Crippen molar-refractivity contribution in [2.45, 2.75) is 40.0 Å². The van der Waals surface area contributed by atoms with Gasteiger partial charge in [-0.2, -0.15) is 4.98 Å². The molecule has 5 heteroatoms. The van der Waals surface area contributed by atoms with Gasteiger partial charge >= 0.3 is 0 Å². The minimum absolute atomic E-state index is 0.173. The third kappa shape index (κ3) is 3.70. The summed E-state index contributed by atoms with van der Waals surface area (Å²) >= 11 is 0. The summed E-state index contributed by atoms with van der Waals surface area (Å²) in [6.45, 7) is 10.8. The van der Waals surface area contributed by atoms with Crippen LogP contribution in [0.1, 0.15) is 45.9 Å². The topological polar surface area (TPSA) is 68.2 Å². The predicted octanol–water partition coefficient (Wildman–Crippen LogP) is 2.00. The zero-order valence-corrected chi connectivity index (χ0v) is 11.3. The van der Waals surface area contributed by atoms with E-state index >= 15 is 0 Å². The molecule has 17 heavy (non-hydrogen) atoms. The third-order valence-electron chi connectivity index (χ3n) is 2.87. The van der Waals surface area contributed by atoms with Gasteiger partial charge in [0.1, 0.15) is 0 Å². The van der Waals surface area contributed by atoms with Crippen molar-refractivity contribution in [2.24, 2.45) is 11.7 Å². The van der Waals surface area contributed by atoms with Crippen LogP contribution >= 0.6 is 0 Å². The molecule has 2 N–H and O–H groups in total. The molecule has 0 aromatic carbocycles. The predicted molar refractivity (Wildman–Crippen MR) is 69.1 cm³/mol. The van der Waals surface area contributed by atoms with Crippen LogP contribution in [-0.2, 0) is 0 Å². The van der Waals surface area contributed by atoms with E-state index in [9.17, 15) is 0 Å². The Kier molecular flexibility index (Phi) is 5.41. The second-order valence-electron chi connectivity index (χ2n) is 4.67. The molecule has 0 aliphatic rings. The molecule has 0 saturated carbocycles. The van der Waals surface area contributed by atoms with Gasteiger partial charge in [0.2, 0.25) is 5.89 Å². The van der Waals surface area contributed by atoms with Crippen molar-refractivity contribution in [2.75, 3.05) is 24.5 Å². The summed E-state index contributed by atoms with van der Waals surface area (Å²) < 4.78 is 5.32. The highest BCUT2D eigenvalue weighted by Gasteiger charge is 2.20. The van der Waals surface area contributed by atoms with E-state index in [2.05, 4.69) is 42.7 Å². The summed E-state index contributed by atoms with van der Waals surface area (Å²) in [5, 5.41) is 4.02. The molecule has 1 rings (SSSR count). The Hall–Kier alpha value is -1.10. The van der Waals surface area contributed by atoms with E-state index in [0.717, 1.165) is 19.5 Å². The monoisotopic (exact) mass is 240 g/mol. The molecule has 0 fully saturated rings. The lowest BCUT2D eigenvalue weighted by Gasteiger charge is -2.15. The molecule has 0 saturated heterocycles. The number of aromatic nitrogens is 2. The van der Waals surface area contributed by atoms with Gasteiger partial charge in [0.15, 0.2) is 0 Å². The van der Waals surface area contributed by atoms with Crippen molar-refractivity contribution in [3.8, 4) is 0 Å². The minimum Gasteiger partial charge on any atom is -0.339 e. The van der Waals surface area contributed by atoms with Crippen molar-refractivity contribution < 1.29 is 4.52 Å². The third-order valence-corrected chi connectivity index (χ3v) is 2.87. The zero-order valence-electron chi connectivity index (χ0n) is 11.3. The lowest BCUT2D eigenvalue weighted by atomic mass is 9.97. The average Bonchev–Trinajstić information content (AvgIpc) is 2.76. The minimum atomic E-state index is 0.173. The van der Waals surface area contributed by atoms with E-state index in [1.54, 1.807) is 0 Å². The van der Waals surface area contributed by atoms with Gasteiger partial charge in [0, 0.05) is 19.6 Å². The largest absolute Gasteiger partial charge is 0.339 e. The van der Waals surface area contributed by atoms with Gasteiger partial charge in [-0.05, 0) is 31.3 Å². The number of rotatable bonds is 7. The highest BCUT2D eigenvalue weighted by Crippen LogP contribution is 2.23. The normalized spacial score (nSPS) is 13.1. The first-order chi connectivity index (χ1) is 8.12. The molecule has 98 valence electrons. The Balaban J connectivity index is 2.77. The first-order valence-electron chi connectivity index (χ1n) is 6.40. The van der Waals surface area contributed by atoms with E-state index < -0.39 is 0 Å². The Morgan fingerprint density at radius 1 is 1.29 bits per heavy atom. The molecule has 0 radical (unpaired) electrons. The summed E-state index contributed by atoms with van der Waals surface area (Å²) in [6, 6.07) is 0. The molecule has 1 aromatic rings. The number of anilines is 1. The second-order valence-corrected chi connectivity index (χ2v) is 4.67. The van der Waals surface area contributed by atoms with Crippen molar-refractivity contribution >= 4 is 5.95 Å². The molecular weight excluding hydrogens is 216 g/mol. The number of nitrogens with two attached hydrogens (primary N) is 1. The fourth-order valence-corrected chi connectivity index (χ4v) is 1.89. The van der Waals surface area contributed by atoms with Crippen LogP contribution in [0.4, 0.5) is 5.95 Å². The molecule has 0 bridgehead atoms. The van der Waals surface area contributed by atoms with Crippen LogP contribution in [0.5, 0.6) is 0 Å². The highest BCUT2D eigenvalue weighted by molar-refractivity contribution is 5.27. The fourth-order valence-electron chi connectivity index (χ4n) is 1.89. The average molecular weight is 240 g/mol. The van der Waals surface area contributed by atoms with Gasteiger partial charge in [0.05, 0.1) is 5.92 Å². The lowest BCUT2D eigenvalue weighted by molar-refractivity contribution is 0.334. The van der Waals surface area contributed by atoms with Gasteiger partial charge in [-0.25, -0.2) is 0 Å². The number of hydrogen-bond donors (Lipinski definition) is 1. The highest BCUT2D eigenvalue weighted by atomic mass is 16.5. The first-order valence-corrected chi connectivity index (χ1v) is 6.40. The van der Waals surface area contributed by atoms with Crippen molar-refractivity contribution in [1.82, 2.24) is 10.1 Å². The van der Waals surface area contributed by atoms with Gasteiger partial charge in [0.25, 0.3) is 5.95 Å². The Labute approximate surface area is 103 Å². The lowest BCUT2D eigenvalue weighted by Crippen LogP contribution is -2.23. The summed E-state index contributed by atoms with van der Waals surface area (Å²) in [4.78, 5) is 6.51. The van der Waals surface area contributed by atoms with E-state index in [1.165, 1.54) is 0 Å². The fraction of sp³-hybridized carbons (Fsp3) is 0.833. The van der Waals surface area contributed by atoms with Crippen LogP contribution in [0, 0.1) is 5.92 Å². The Morgan fingerprint density at radius 3 is 2.41 bits per heavy atom. The molecule has 0 amide bonds. The van der Waals surface area contributed by atoms with Crippen LogP contribution in [0.15, 0.2) is 4.52 Å². The molecule has 1 heterocycles. The molecule has 1 atom stereocenters. The van der Waals surface area contributed by atoms with Crippen molar-refractivity contribution in [3.63, 3.8) is 0 Å². The van der Waals surface area contributed by atoms with E-state index in [-0.39, 0.29) is 5.92 Å². The Morgan fingerprint density at radius 2 is 1.94 bits per heavy atom.